The van der Waals surface area contributed by atoms with Crippen molar-refractivity contribution in [1.82, 2.24) is 9.97 Å². The van der Waals surface area contributed by atoms with Crippen LogP contribution in [0.4, 0.5) is 5.82 Å². The third-order valence-corrected chi connectivity index (χ3v) is 3.97. The number of rotatable bonds is 9. The Hall–Kier alpha value is -0.950. The highest BCUT2D eigenvalue weighted by atomic mass is 35.5. The molecular weight excluding hydrogens is 310 g/mol. The first-order chi connectivity index (χ1) is 10.3. The van der Waals surface area contributed by atoms with Crippen LogP contribution in [0.25, 0.3) is 10.2 Å². The van der Waals surface area contributed by atoms with Gasteiger partial charge in [-0.1, -0.05) is 0 Å². The van der Waals surface area contributed by atoms with Gasteiger partial charge in [-0.3, -0.25) is 0 Å². The molecule has 0 radical (unpaired) electrons. The number of fused-ring (bicyclic) bond motifs is 1. The molecule has 0 spiro atoms. The lowest BCUT2D eigenvalue weighted by Gasteiger charge is -2.24. The minimum atomic E-state index is 0.276. The van der Waals surface area contributed by atoms with E-state index in [0.717, 1.165) is 29.1 Å². The quantitative estimate of drug-likeness (QED) is 0.522. The maximum atomic E-state index is 6.04. The van der Waals surface area contributed by atoms with E-state index in [-0.39, 0.29) is 5.28 Å². The van der Waals surface area contributed by atoms with Gasteiger partial charge in [0, 0.05) is 26.3 Å². The predicted octanol–water partition coefficient (Wildman–Crippen LogP) is 3.22. The molecule has 0 atom stereocenters. The number of hydrogen-bond donors (Lipinski definition) is 0. The zero-order valence-electron chi connectivity index (χ0n) is 12.3. The molecule has 2 aromatic heterocycles. The highest BCUT2D eigenvalue weighted by Crippen LogP contribution is 2.28. The van der Waals surface area contributed by atoms with E-state index < -0.39 is 0 Å². The molecule has 0 N–H and O–H groups in total. The van der Waals surface area contributed by atoms with E-state index in [2.05, 4.69) is 14.9 Å². The van der Waals surface area contributed by atoms with Crippen LogP contribution in [0, 0.1) is 0 Å². The molecule has 2 heterocycles. The largest absolute Gasteiger partial charge is 0.380 e. The van der Waals surface area contributed by atoms with Gasteiger partial charge in [0.05, 0.1) is 18.6 Å². The van der Waals surface area contributed by atoms with Gasteiger partial charge in [0.15, 0.2) is 0 Å². The van der Waals surface area contributed by atoms with Crippen LogP contribution in [0.2, 0.25) is 5.28 Å². The smallest absolute Gasteiger partial charge is 0.225 e. The second-order valence-corrected chi connectivity index (χ2v) is 5.57. The summed E-state index contributed by atoms with van der Waals surface area (Å²) in [5, 5.41) is 3.30. The van der Waals surface area contributed by atoms with E-state index in [4.69, 9.17) is 21.1 Å². The molecule has 21 heavy (non-hydrogen) atoms. The van der Waals surface area contributed by atoms with Crippen LogP contribution in [0.5, 0.6) is 0 Å². The molecule has 0 aliphatic heterocycles. The lowest BCUT2D eigenvalue weighted by molar-refractivity contribution is 0.141. The minimum Gasteiger partial charge on any atom is -0.380 e. The fourth-order valence-corrected chi connectivity index (χ4v) is 2.99. The zero-order chi connectivity index (χ0) is 15.1. The molecule has 116 valence electrons. The number of hydrogen-bond acceptors (Lipinski definition) is 6. The number of nitrogens with zero attached hydrogens (tertiary/aromatic N) is 3. The number of thiophene rings is 1. The van der Waals surface area contributed by atoms with Gasteiger partial charge in [-0.15, -0.1) is 11.3 Å². The first-order valence-electron chi connectivity index (χ1n) is 7.07. The van der Waals surface area contributed by atoms with Crippen LogP contribution in [0.15, 0.2) is 11.4 Å². The fraction of sp³-hybridized carbons (Fsp3) is 0.571. The Balaban J connectivity index is 2.21. The number of ether oxygens (including phenoxy) is 2. The Kier molecular flexibility index (Phi) is 6.63. The summed E-state index contributed by atoms with van der Waals surface area (Å²) in [6.07, 6.45) is 0. The fourth-order valence-electron chi connectivity index (χ4n) is 2.02. The van der Waals surface area contributed by atoms with E-state index >= 15 is 0 Å². The highest BCUT2D eigenvalue weighted by Gasteiger charge is 2.15. The van der Waals surface area contributed by atoms with Gasteiger partial charge in [0.2, 0.25) is 5.28 Å². The molecule has 0 aliphatic rings. The maximum absolute atomic E-state index is 6.04. The van der Waals surface area contributed by atoms with Crippen LogP contribution in [0.3, 0.4) is 0 Å². The lowest BCUT2D eigenvalue weighted by atomic mass is 10.3. The molecule has 2 aromatic rings. The van der Waals surface area contributed by atoms with Gasteiger partial charge >= 0.3 is 0 Å². The van der Waals surface area contributed by atoms with Crippen LogP contribution in [-0.4, -0.2) is 49.5 Å². The molecule has 5 nitrogen and oxygen atoms in total. The van der Waals surface area contributed by atoms with Crippen LogP contribution >= 0.6 is 22.9 Å². The maximum Gasteiger partial charge on any atom is 0.225 e. The molecule has 0 fully saturated rings. The minimum absolute atomic E-state index is 0.276. The average molecular weight is 330 g/mol. The Bertz CT molecular complexity index is 554. The first kappa shape index (κ1) is 16.4. The second-order valence-electron chi connectivity index (χ2n) is 4.34. The molecule has 0 aliphatic carbocycles. The van der Waals surface area contributed by atoms with Crippen molar-refractivity contribution in [3.63, 3.8) is 0 Å². The van der Waals surface area contributed by atoms with Crippen molar-refractivity contribution in [2.24, 2.45) is 0 Å². The van der Waals surface area contributed by atoms with Crippen molar-refractivity contribution >= 4 is 39.0 Å². The topological polar surface area (TPSA) is 47.5 Å². The Morgan fingerprint density at radius 1 is 1.14 bits per heavy atom. The summed E-state index contributed by atoms with van der Waals surface area (Å²) in [6.45, 7) is 8.19. The van der Waals surface area contributed by atoms with Gasteiger partial charge < -0.3 is 14.4 Å². The first-order valence-corrected chi connectivity index (χ1v) is 8.33. The average Bonchev–Trinajstić information content (AvgIpc) is 2.93. The second kappa shape index (κ2) is 8.48. The molecule has 0 saturated carbocycles. The lowest BCUT2D eigenvalue weighted by Crippen LogP contribution is -2.32. The molecule has 0 amide bonds. The zero-order valence-corrected chi connectivity index (χ0v) is 13.9. The number of anilines is 1. The molecule has 7 heteroatoms. The Labute approximate surface area is 133 Å². The van der Waals surface area contributed by atoms with E-state index in [1.54, 1.807) is 11.3 Å². The van der Waals surface area contributed by atoms with Gasteiger partial charge in [0.1, 0.15) is 10.6 Å². The molecule has 0 bridgehead atoms. The monoisotopic (exact) mass is 329 g/mol. The Morgan fingerprint density at radius 3 is 2.43 bits per heavy atom. The van der Waals surface area contributed by atoms with Crippen LogP contribution in [0.1, 0.15) is 13.8 Å². The molecule has 2 rings (SSSR count). The third-order valence-electron chi connectivity index (χ3n) is 3.00. The summed E-state index contributed by atoms with van der Waals surface area (Å²) in [4.78, 5) is 11.7. The Morgan fingerprint density at radius 2 is 1.81 bits per heavy atom. The van der Waals surface area contributed by atoms with Crippen molar-refractivity contribution in [3.05, 3.63) is 16.7 Å². The number of halogens is 1. The van der Waals surface area contributed by atoms with Crippen LogP contribution in [-0.2, 0) is 9.47 Å². The summed E-state index contributed by atoms with van der Waals surface area (Å²) in [5.74, 6) is 0.852. The normalized spacial score (nSPS) is 11.2. The number of aromatic nitrogens is 2. The van der Waals surface area contributed by atoms with Crippen molar-refractivity contribution in [2.75, 3.05) is 44.4 Å². The van der Waals surface area contributed by atoms with E-state index in [9.17, 15) is 0 Å². The summed E-state index contributed by atoms with van der Waals surface area (Å²) in [7, 11) is 0. The SMILES string of the molecule is CCOCCN(CCOCC)c1nc(Cl)nc2sccc12. The standard InChI is InChI=1S/C14H20ClN3O2S/c1-3-19-8-6-18(7-9-20-4-2)12-11-5-10-21-13(11)17-14(15)16-12/h5,10H,3-4,6-9H2,1-2H3. The van der Waals surface area contributed by atoms with E-state index in [1.807, 2.05) is 25.3 Å². The van der Waals surface area contributed by atoms with Gasteiger partial charge in [0.25, 0.3) is 0 Å². The van der Waals surface area contributed by atoms with E-state index in [1.165, 1.54) is 0 Å². The van der Waals surface area contributed by atoms with Gasteiger partial charge in [-0.2, -0.15) is 4.98 Å². The van der Waals surface area contributed by atoms with Crippen molar-refractivity contribution < 1.29 is 9.47 Å². The molecule has 0 unspecified atom stereocenters. The predicted molar refractivity (Wildman–Crippen MR) is 87.6 cm³/mol. The molecule has 0 saturated heterocycles. The highest BCUT2D eigenvalue weighted by molar-refractivity contribution is 7.16. The van der Waals surface area contributed by atoms with Crippen molar-refractivity contribution in [3.8, 4) is 0 Å². The van der Waals surface area contributed by atoms with Gasteiger partial charge in [-0.05, 0) is 36.9 Å². The summed E-state index contributed by atoms with van der Waals surface area (Å²) in [6, 6.07) is 2.03. The van der Waals surface area contributed by atoms with E-state index in [0.29, 0.717) is 26.4 Å². The molecular formula is C14H20ClN3O2S. The summed E-state index contributed by atoms with van der Waals surface area (Å²) >= 11 is 7.61. The van der Waals surface area contributed by atoms with Crippen LogP contribution < -0.4 is 4.90 Å². The summed E-state index contributed by atoms with van der Waals surface area (Å²) in [5.41, 5.74) is 0. The summed E-state index contributed by atoms with van der Waals surface area (Å²) < 4.78 is 10.9. The van der Waals surface area contributed by atoms with Crippen molar-refractivity contribution in [2.45, 2.75) is 13.8 Å². The van der Waals surface area contributed by atoms with Gasteiger partial charge in [-0.25, -0.2) is 4.98 Å². The molecule has 0 aromatic carbocycles. The third kappa shape index (κ3) is 4.51. The van der Waals surface area contributed by atoms with Crippen molar-refractivity contribution in [1.29, 1.82) is 0 Å².